The lowest BCUT2D eigenvalue weighted by Gasteiger charge is -2.11. The summed E-state index contributed by atoms with van der Waals surface area (Å²) in [5, 5.41) is 2.89. The van der Waals surface area contributed by atoms with Crippen LogP contribution in [0.15, 0.2) is 42.5 Å². The SMILES string of the molecule is CCOC(=O)CCc1c(/C=C2\C(=O)Nc3ccc(-c4ccc(F)cc4)cc32)[nH]c2c1C(=O)CCC2. The molecule has 2 aromatic carbocycles. The molecule has 0 saturated carbocycles. The van der Waals surface area contributed by atoms with Gasteiger partial charge in [-0.2, -0.15) is 0 Å². The number of carbonyl (C=O) groups excluding carboxylic acids is 3. The van der Waals surface area contributed by atoms with Crippen molar-refractivity contribution >= 4 is 35.0 Å². The Morgan fingerprint density at radius 2 is 1.86 bits per heavy atom. The maximum absolute atomic E-state index is 13.4. The number of amides is 1. The quantitative estimate of drug-likeness (QED) is 0.375. The van der Waals surface area contributed by atoms with Crippen LogP contribution in [0.2, 0.25) is 0 Å². The summed E-state index contributed by atoms with van der Waals surface area (Å²) >= 11 is 0. The number of hydrogen-bond donors (Lipinski definition) is 2. The van der Waals surface area contributed by atoms with E-state index in [9.17, 15) is 18.8 Å². The molecule has 6 nitrogen and oxygen atoms in total. The lowest BCUT2D eigenvalue weighted by Crippen LogP contribution is -2.12. The number of Topliss-reactive ketones (excluding diaryl/α,β-unsaturated/α-hetero) is 1. The molecule has 178 valence electrons. The number of rotatable bonds is 6. The highest BCUT2D eigenvalue weighted by atomic mass is 19.1. The minimum Gasteiger partial charge on any atom is -0.466 e. The van der Waals surface area contributed by atoms with Gasteiger partial charge in [-0.15, -0.1) is 0 Å². The number of aromatic nitrogens is 1. The molecule has 35 heavy (non-hydrogen) atoms. The van der Waals surface area contributed by atoms with Crippen LogP contribution in [-0.4, -0.2) is 29.3 Å². The van der Waals surface area contributed by atoms with Crippen molar-refractivity contribution in [2.45, 2.75) is 39.0 Å². The number of aryl methyl sites for hydroxylation is 1. The highest BCUT2D eigenvalue weighted by molar-refractivity contribution is 6.35. The summed E-state index contributed by atoms with van der Waals surface area (Å²) in [6.45, 7) is 2.05. The number of H-pyrrole nitrogens is 1. The first kappa shape index (κ1) is 22.8. The Kier molecular flexibility index (Phi) is 6.07. The van der Waals surface area contributed by atoms with Gasteiger partial charge in [-0.05, 0) is 73.2 Å². The minimum absolute atomic E-state index is 0.0564. The van der Waals surface area contributed by atoms with Gasteiger partial charge in [0.2, 0.25) is 0 Å². The zero-order chi connectivity index (χ0) is 24.5. The maximum Gasteiger partial charge on any atom is 0.306 e. The number of carbonyl (C=O) groups is 3. The second kappa shape index (κ2) is 9.33. The molecule has 0 radical (unpaired) electrons. The molecule has 0 unspecified atom stereocenters. The first-order chi connectivity index (χ1) is 16.9. The third-order valence-electron chi connectivity index (χ3n) is 6.48. The largest absolute Gasteiger partial charge is 0.466 e. The van der Waals surface area contributed by atoms with Crippen LogP contribution in [0.3, 0.4) is 0 Å². The number of ketones is 1. The zero-order valence-electron chi connectivity index (χ0n) is 19.4. The molecule has 1 aliphatic heterocycles. The number of halogens is 1. The van der Waals surface area contributed by atoms with Crippen LogP contribution < -0.4 is 5.32 Å². The van der Waals surface area contributed by atoms with E-state index in [0.717, 1.165) is 40.8 Å². The standard InChI is InChI=1S/C28H25FN2O4/c1-2-35-26(33)13-11-19-24(30-23-4-3-5-25(32)27(19)23)15-21-20-14-17(8-12-22(20)31-28(21)34)16-6-9-18(29)10-7-16/h6-10,12,14-15,30H,2-5,11,13H2,1H3,(H,31,34)/b21-15-. The van der Waals surface area contributed by atoms with E-state index in [-0.39, 0.29) is 29.9 Å². The molecule has 0 atom stereocenters. The summed E-state index contributed by atoms with van der Waals surface area (Å²) < 4.78 is 18.4. The van der Waals surface area contributed by atoms with E-state index in [1.807, 2.05) is 18.2 Å². The van der Waals surface area contributed by atoms with Crippen LogP contribution in [-0.2, 0) is 27.2 Å². The average Bonchev–Trinajstić information content (AvgIpc) is 3.35. The van der Waals surface area contributed by atoms with Crippen LogP contribution >= 0.6 is 0 Å². The number of nitrogens with one attached hydrogen (secondary N) is 2. The van der Waals surface area contributed by atoms with Crippen molar-refractivity contribution in [3.63, 3.8) is 0 Å². The number of fused-ring (bicyclic) bond motifs is 2. The van der Waals surface area contributed by atoms with Crippen LogP contribution in [0.5, 0.6) is 0 Å². The van der Waals surface area contributed by atoms with Crippen LogP contribution in [0.4, 0.5) is 10.1 Å². The van der Waals surface area contributed by atoms with Gasteiger partial charge in [0.15, 0.2) is 5.78 Å². The molecule has 2 N–H and O–H groups in total. The van der Waals surface area contributed by atoms with Crippen molar-refractivity contribution in [1.82, 2.24) is 4.98 Å². The fraction of sp³-hybridized carbons (Fsp3) is 0.250. The summed E-state index contributed by atoms with van der Waals surface area (Å²) in [7, 11) is 0. The third-order valence-corrected chi connectivity index (χ3v) is 6.48. The number of hydrogen-bond acceptors (Lipinski definition) is 4. The van der Waals surface area contributed by atoms with Crippen molar-refractivity contribution < 1.29 is 23.5 Å². The average molecular weight is 473 g/mol. The summed E-state index contributed by atoms with van der Waals surface area (Å²) in [6, 6.07) is 11.8. The Hall–Kier alpha value is -4.00. The molecular weight excluding hydrogens is 447 g/mol. The van der Waals surface area contributed by atoms with Gasteiger partial charge >= 0.3 is 5.97 Å². The van der Waals surface area contributed by atoms with E-state index in [1.165, 1.54) is 12.1 Å². The van der Waals surface area contributed by atoms with Gasteiger partial charge in [0.05, 0.1) is 12.2 Å². The van der Waals surface area contributed by atoms with E-state index in [2.05, 4.69) is 10.3 Å². The van der Waals surface area contributed by atoms with Crippen molar-refractivity contribution in [3.05, 3.63) is 76.4 Å². The van der Waals surface area contributed by atoms with Crippen LogP contribution in [0.25, 0.3) is 22.8 Å². The Bertz CT molecular complexity index is 1370. The van der Waals surface area contributed by atoms with Crippen molar-refractivity contribution in [1.29, 1.82) is 0 Å². The monoisotopic (exact) mass is 472 g/mol. The van der Waals surface area contributed by atoms with Gasteiger partial charge in [0, 0.05) is 41.0 Å². The van der Waals surface area contributed by atoms with Crippen molar-refractivity contribution in [2.75, 3.05) is 11.9 Å². The fourth-order valence-corrected chi connectivity index (χ4v) is 4.83. The van der Waals surface area contributed by atoms with E-state index >= 15 is 0 Å². The van der Waals surface area contributed by atoms with Crippen molar-refractivity contribution in [3.8, 4) is 11.1 Å². The van der Waals surface area contributed by atoms with E-state index in [0.29, 0.717) is 42.0 Å². The summed E-state index contributed by atoms with van der Waals surface area (Å²) in [5.74, 6) is -0.822. The van der Waals surface area contributed by atoms with Gasteiger partial charge < -0.3 is 15.0 Å². The van der Waals surface area contributed by atoms with Gasteiger partial charge in [-0.3, -0.25) is 14.4 Å². The van der Waals surface area contributed by atoms with Gasteiger partial charge in [0.1, 0.15) is 5.82 Å². The molecule has 2 heterocycles. The number of aromatic amines is 1. The molecule has 5 rings (SSSR count). The topological polar surface area (TPSA) is 88.3 Å². The Labute approximate surface area is 202 Å². The normalized spacial score (nSPS) is 15.7. The Morgan fingerprint density at radius 3 is 2.63 bits per heavy atom. The highest BCUT2D eigenvalue weighted by Crippen LogP contribution is 2.38. The number of benzene rings is 2. The molecule has 1 aliphatic carbocycles. The second-order valence-electron chi connectivity index (χ2n) is 8.73. The van der Waals surface area contributed by atoms with E-state index in [1.54, 1.807) is 25.1 Å². The lowest BCUT2D eigenvalue weighted by molar-refractivity contribution is -0.143. The molecule has 2 aliphatic rings. The number of anilines is 1. The molecule has 0 bridgehead atoms. The highest BCUT2D eigenvalue weighted by Gasteiger charge is 2.29. The Morgan fingerprint density at radius 1 is 1.09 bits per heavy atom. The molecule has 0 fully saturated rings. The summed E-state index contributed by atoms with van der Waals surface area (Å²) in [5.41, 5.74) is 6.49. The fourth-order valence-electron chi connectivity index (χ4n) is 4.83. The molecule has 7 heteroatoms. The molecule has 0 saturated heterocycles. The molecule has 1 amide bonds. The molecule has 1 aromatic heterocycles. The first-order valence-corrected chi connectivity index (χ1v) is 11.8. The third kappa shape index (κ3) is 4.41. The number of esters is 1. The zero-order valence-corrected chi connectivity index (χ0v) is 19.4. The van der Waals surface area contributed by atoms with E-state index < -0.39 is 0 Å². The van der Waals surface area contributed by atoms with Gasteiger partial charge in [-0.1, -0.05) is 18.2 Å². The first-order valence-electron chi connectivity index (χ1n) is 11.8. The molecule has 0 spiro atoms. The van der Waals surface area contributed by atoms with Crippen LogP contribution in [0.1, 0.15) is 59.1 Å². The van der Waals surface area contributed by atoms with Crippen molar-refractivity contribution in [2.24, 2.45) is 0 Å². The second-order valence-corrected chi connectivity index (χ2v) is 8.73. The molecular formula is C28H25FN2O4. The minimum atomic E-state index is -0.322. The smallest absolute Gasteiger partial charge is 0.306 e. The van der Waals surface area contributed by atoms with E-state index in [4.69, 9.17) is 4.74 Å². The van der Waals surface area contributed by atoms with Gasteiger partial charge in [0.25, 0.3) is 5.91 Å². The predicted octanol–water partition coefficient (Wildman–Crippen LogP) is 5.33. The lowest BCUT2D eigenvalue weighted by atomic mass is 9.91. The predicted molar refractivity (Wildman–Crippen MR) is 131 cm³/mol. The van der Waals surface area contributed by atoms with Gasteiger partial charge in [-0.25, -0.2) is 4.39 Å². The summed E-state index contributed by atoms with van der Waals surface area (Å²) in [4.78, 5) is 41.0. The maximum atomic E-state index is 13.4. The Balaban J connectivity index is 1.56. The van der Waals surface area contributed by atoms with Crippen LogP contribution in [0, 0.1) is 5.82 Å². The summed E-state index contributed by atoms with van der Waals surface area (Å²) in [6.07, 6.45) is 4.25. The molecule has 3 aromatic rings. The number of ether oxygens (including phenoxy) is 1.